The Labute approximate surface area is 318 Å². The van der Waals surface area contributed by atoms with Gasteiger partial charge in [0.05, 0.1) is 30.0 Å². The first-order valence-corrected chi connectivity index (χ1v) is 18.9. The van der Waals surface area contributed by atoms with Gasteiger partial charge in [-0.3, -0.25) is 14.5 Å². The van der Waals surface area contributed by atoms with Crippen molar-refractivity contribution in [1.29, 1.82) is 0 Å². The van der Waals surface area contributed by atoms with Gasteiger partial charge in [0, 0.05) is 36.7 Å². The third-order valence-electron chi connectivity index (χ3n) is 10.7. The van der Waals surface area contributed by atoms with Gasteiger partial charge >= 0.3 is 6.09 Å². The monoisotopic (exact) mass is 749 g/mol. The number of fused-ring (bicyclic) bond motifs is 4. The molecule has 55 heavy (non-hydrogen) atoms. The first-order chi connectivity index (χ1) is 26.7. The van der Waals surface area contributed by atoms with E-state index in [0.29, 0.717) is 53.2 Å². The number of aliphatic hydroxyl groups is 1. The number of pyridine rings is 1. The number of rotatable bonds is 16. The van der Waals surface area contributed by atoms with E-state index in [4.69, 9.17) is 9.15 Å². The fourth-order valence-corrected chi connectivity index (χ4v) is 7.92. The highest BCUT2D eigenvalue weighted by Crippen LogP contribution is 2.39. The maximum absolute atomic E-state index is 13.0. The molecule has 3 fully saturated rings. The van der Waals surface area contributed by atoms with E-state index in [2.05, 4.69) is 20.5 Å². The van der Waals surface area contributed by atoms with Gasteiger partial charge in [-0.05, 0) is 98.3 Å². The SMILES string of the molecule is O=C(NCCCCNC[C@H](O)c1ccc(O)c2[nH]c(=O)ccc12)c1cc(COc2cccc([C@H](c3ccccc3)N(C(=O)O)[C@H]3CN4CCC3CC4)c2)co1. The standard InChI is InChI=1S/C42H47N5O8/c48-35-13-11-32(33-12-14-38(50)45-39(33)35)36(49)23-43-17-4-5-18-44-41(51)37-21-27(26-55-37)25-54-31-10-6-9-30(22-31)40(29-7-2-1-3-8-29)47(42(52)53)34-24-46-19-15-28(34)16-20-46/h1-3,6-14,21-22,26,28,34,36,40,43,48-49H,4-5,15-20,23-25H2,(H,44,51)(H,45,50)(H,52,53)/t34-,36-,40-/m0/s1. The van der Waals surface area contributed by atoms with E-state index in [1.165, 1.54) is 18.4 Å². The molecule has 3 atom stereocenters. The lowest BCUT2D eigenvalue weighted by molar-refractivity contribution is -0.000814. The number of nitrogens with zero attached hydrogens (tertiary/aromatic N) is 2. The number of hydrogen-bond donors (Lipinski definition) is 6. The summed E-state index contributed by atoms with van der Waals surface area (Å²) in [5, 5.41) is 38.1. The summed E-state index contributed by atoms with van der Waals surface area (Å²) in [6.07, 6.45) is 3.18. The number of furan rings is 1. The predicted molar refractivity (Wildman–Crippen MR) is 206 cm³/mol. The Kier molecular flexibility index (Phi) is 11.8. The number of benzene rings is 3. The Bertz CT molecular complexity index is 2140. The summed E-state index contributed by atoms with van der Waals surface area (Å²) in [7, 11) is 0. The third-order valence-corrected chi connectivity index (χ3v) is 10.7. The van der Waals surface area contributed by atoms with Crippen LogP contribution in [0.3, 0.4) is 0 Å². The first-order valence-electron chi connectivity index (χ1n) is 18.9. The van der Waals surface area contributed by atoms with Gasteiger partial charge in [-0.25, -0.2) is 4.79 Å². The summed E-state index contributed by atoms with van der Waals surface area (Å²) in [6.45, 7) is 4.27. The number of carbonyl (C=O) groups excluding carboxylic acids is 1. The molecule has 3 saturated heterocycles. The normalized spacial score (nSPS) is 18.8. The van der Waals surface area contributed by atoms with Crippen LogP contribution >= 0.6 is 0 Å². The van der Waals surface area contributed by atoms with E-state index in [0.717, 1.165) is 50.0 Å². The number of unbranched alkanes of at least 4 members (excludes halogenated alkanes) is 1. The van der Waals surface area contributed by atoms with Crippen LogP contribution in [0.1, 0.15) is 70.6 Å². The molecule has 0 radical (unpaired) electrons. The summed E-state index contributed by atoms with van der Waals surface area (Å²) < 4.78 is 11.7. The molecule has 5 heterocycles. The molecule has 0 saturated carbocycles. The van der Waals surface area contributed by atoms with Crippen LogP contribution < -0.4 is 20.9 Å². The molecule has 0 aliphatic carbocycles. The molecule has 2 bridgehead atoms. The number of piperidine rings is 3. The van der Waals surface area contributed by atoms with Gasteiger partial charge in [-0.1, -0.05) is 48.5 Å². The molecule has 2 amide bonds. The number of amides is 2. The Hall–Kier alpha value is -5.63. The lowest BCUT2D eigenvalue weighted by Gasteiger charge is -2.50. The zero-order valence-corrected chi connectivity index (χ0v) is 30.5. The van der Waals surface area contributed by atoms with Crippen LogP contribution in [0.25, 0.3) is 10.9 Å². The van der Waals surface area contributed by atoms with Crippen LogP contribution in [0.15, 0.2) is 100 Å². The van der Waals surface area contributed by atoms with Crippen LogP contribution in [0, 0.1) is 5.92 Å². The minimum atomic E-state index is -0.934. The molecule has 2 aromatic heterocycles. The zero-order chi connectivity index (χ0) is 38.3. The van der Waals surface area contributed by atoms with Crippen LogP contribution in [0.2, 0.25) is 0 Å². The fraction of sp³-hybridized carbons (Fsp3) is 0.357. The topological polar surface area (TPSA) is 181 Å². The number of carbonyl (C=O) groups is 2. The number of aromatic nitrogens is 1. The number of carboxylic acid groups (broad SMARTS) is 1. The summed E-state index contributed by atoms with van der Waals surface area (Å²) >= 11 is 0. The largest absolute Gasteiger partial charge is 0.506 e. The Morgan fingerprint density at radius 3 is 2.51 bits per heavy atom. The number of aromatic hydroxyl groups is 1. The molecular weight excluding hydrogens is 702 g/mol. The van der Waals surface area contributed by atoms with Gasteiger partial charge in [0.2, 0.25) is 5.56 Å². The summed E-state index contributed by atoms with van der Waals surface area (Å²) in [6, 6.07) is 24.4. The van der Waals surface area contributed by atoms with Crippen molar-refractivity contribution in [3.05, 3.63) is 130 Å². The molecule has 3 aliphatic rings. The number of ether oxygens (including phenoxy) is 1. The van der Waals surface area contributed by atoms with Gasteiger partial charge < -0.3 is 45.0 Å². The van der Waals surface area contributed by atoms with Gasteiger partial charge in [-0.15, -0.1) is 0 Å². The highest BCUT2D eigenvalue weighted by atomic mass is 16.5. The van der Waals surface area contributed by atoms with Crippen molar-refractivity contribution in [3.63, 3.8) is 0 Å². The van der Waals surface area contributed by atoms with Crippen molar-refractivity contribution in [3.8, 4) is 11.5 Å². The smallest absolute Gasteiger partial charge is 0.408 e. The summed E-state index contributed by atoms with van der Waals surface area (Å²) in [4.78, 5) is 44.0. The minimum Gasteiger partial charge on any atom is -0.506 e. The summed E-state index contributed by atoms with van der Waals surface area (Å²) in [5.41, 5.74) is 2.96. The van der Waals surface area contributed by atoms with Crippen molar-refractivity contribution in [1.82, 2.24) is 25.4 Å². The van der Waals surface area contributed by atoms with Crippen molar-refractivity contribution in [2.45, 2.75) is 50.5 Å². The highest BCUT2D eigenvalue weighted by molar-refractivity contribution is 5.91. The van der Waals surface area contributed by atoms with E-state index in [-0.39, 0.29) is 42.2 Å². The van der Waals surface area contributed by atoms with E-state index < -0.39 is 18.2 Å². The number of aromatic amines is 1. The average molecular weight is 750 g/mol. The molecule has 0 spiro atoms. The molecule has 3 aliphatic heterocycles. The van der Waals surface area contributed by atoms with Gasteiger partial charge in [0.1, 0.15) is 18.1 Å². The zero-order valence-electron chi connectivity index (χ0n) is 30.5. The Morgan fingerprint density at radius 2 is 1.75 bits per heavy atom. The highest BCUT2D eigenvalue weighted by Gasteiger charge is 2.43. The Morgan fingerprint density at radius 1 is 0.964 bits per heavy atom. The lowest BCUT2D eigenvalue weighted by atomic mass is 9.81. The second-order valence-corrected chi connectivity index (χ2v) is 14.4. The number of nitrogens with one attached hydrogen (secondary N) is 3. The molecule has 3 aromatic carbocycles. The fourth-order valence-electron chi connectivity index (χ4n) is 7.92. The molecule has 5 aromatic rings. The second kappa shape index (κ2) is 17.2. The summed E-state index contributed by atoms with van der Waals surface area (Å²) in [5.74, 6) is 0.699. The van der Waals surface area contributed by atoms with Crippen molar-refractivity contribution in [2.75, 3.05) is 39.3 Å². The van der Waals surface area contributed by atoms with Crippen LogP contribution in [-0.2, 0) is 6.61 Å². The number of H-pyrrole nitrogens is 1. The van der Waals surface area contributed by atoms with E-state index in [1.807, 2.05) is 54.6 Å². The minimum absolute atomic E-state index is 0.0572. The van der Waals surface area contributed by atoms with Crippen LogP contribution in [-0.4, -0.2) is 87.4 Å². The first kappa shape index (κ1) is 37.7. The van der Waals surface area contributed by atoms with E-state index in [1.54, 1.807) is 23.1 Å². The molecule has 0 unspecified atom stereocenters. The van der Waals surface area contributed by atoms with Gasteiger partial charge in [0.15, 0.2) is 5.76 Å². The molecule has 13 nitrogen and oxygen atoms in total. The van der Waals surface area contributed by atoms with Crippen molar-refractivity contribution >= 4 is 22.9 Å². The van der Waals surface area contributed by atoms with E-state index >= 15 is 0 Å². The maximum atomic E-state index is 13.0. The van der Waals surface area contributed by atoms with Gasteiger partial charge in [0.25, 0.3) is 5.91 Å². The molecular formula is C42H47N5O8. The maximum Gasteiger partial charge on any atom is 0.408 e. The van der Waals surface area contributed by atoms with Crippen LogP contribution in [0.5, 0.6) is 11.5 Å². The predicted octanol–water partition coefficient (Wildman–Crippen LogP) is 5.40. The molecule has 6 N–H and O–H groups in total. The third kappa shape index (κ3) is 8.86. The molecule has 8 rings (SSSR count). The van der Waals surface area contributed by atoms with Crippen molar-refractivity contribution < 1.29 is 34.1 Å². The quantitative estimate of drug-likeness (QED) is 0.0715. The van der Waals surface area contributed by atoms with Crippen LogP contribution in [0.4, 0.5) is 4.79 Å². The second-order valence-electron chi connectivity index (χ2n) is 14.4. The number of hydrogen-bond acceptors (Lipinski definition) is 9. The number of phenolic OH excluding ortho intramolecular Hbond substituents is 1. The lowest BCUT2D eigenvalue weighted by Crippen LogP contribution is -2.59. The number of phenols is 1. The van der Waals surface area contributed by atoms with Crippen molar-refractivity contribution in [2.24, 2.45) is 5.92 Å². The number of aliphatic hydroxyl groups excluding tert-OH is 1. The van der Waals surface area contributed by atoms with Gasteiger partial charge in [-0.2, -0.15) is 0 Å². The molecule has 13 heteroatoms. The average Bonchev–Trinajstić information content (AvgIpc) is 3.69. The molecule has 288 valence electrons. The van der Waals surface area contributed by atoms with E-state index in [9.17, 15) is 29.7 Å². The Balaban J connectivity index is 0.888.